The number of ether oxygens (including phenoxy) is 1. The van der Waals surface area contributed by atoms with E-state index in [4.69, 9.17) is 0 Å². The van der Waals surface area contributed by atoms with Gasteiger partial charge in [-0.15, -0.1) is 0 Å². The lowest BCUT2D eigenvalue weighted by Crippen LogP contribution is -2.58. The zero-order valence-corrected chi connectivity index (χ0v) is 10.9. The summed E-state index contributed by atoms with van der Waals surface area (Å²) in [4.78, 5) is 23.1. The molecule has 0 bridgehead atoms. The number of thioether (sulfide) groups is 1. The van der Waals surface area contributed by atoms with E-state index in [0.29, 0.717) is 17.9 Å². The lowest BCUT2D eigenvalue weighted by Gasteiger charge is -2.36. The Morgan fingerprint density at radius 3 is 2.58 bits per heavy atom. The minimum absolute atomic E-state index is 0.221. The fourth-order valence-corrected chi connectivity index (χ4v) is 3.59. The number of rotatable bonds is 5. The van der Waals surface area contributed by atoms with Gasteiger partial charge in [0.05, 0.1) is 6.10 Å². The number of hydrogen-bond acceptors (Lipinski definition) is 4. The lowest BCUT2D eigenvalue weighted by molar-refractivity contribution is -0.193. The molecule has 1 aliphatic carbocycles. The van der Waals surface area contributed by atoms with Crippen molar-refractivity contribution in [3.05, 3.63) is 0 Å². The Morgan fingerprint density at radius 2 is 2.11 bits per heavy atom. The number of carbonyl (C=O) groups is 2. The van der Waals surface area contributed by atoms with E-state index in [0.717, 1.165) is 0 Å². The van der Waals surface area contributed by atoms with E-state index in [1.165, 1.54) is 11.8 Å². The van der Waals surface area contributed by atoms with Crippen LogP contribution in [0.15, 0.2) is 0 Å². The SMILES string of the molecule is O=C(NC1(C(=O)O)CCSC1)C1CC(OC(F)F)C1. The molecule has 1 saturated carbocycles. The quantitative estimate of drug-likeness (QED) is 0.794. The van der Waals surface area contributed by atoms with Crippen LogP contribution in [0.2, 0.25) is 0 Å². The summed E-state index contributed by atoms with van der Waals surface area (Å²) in [5.41, 5.74) is -1.20. The summed E-state index contributed by atoms with van der Waals surface area (Å²) < 4.78 is 28.1. The van der Waals surface area contributed by atoms with Gasteiger partial charge in [-0.3, -0.25) is 4.79 Å². The second-order valence-corrected chi connectivity index (χ2v) is 5.97. The normalized spacial score (nSPS) is 34.1. The highest BCUT2D eigenvalue weighted by Gasteiger charge is 2.46. The highest BCUT2D eigenvalue weighted by atomic mass is 32.2. The van der Waals surface area contributed by atoms with E-state index in [9.17, 15) is 23.5 Å². The summed E-state index contributed by atoms with van der Waals surface area (Å²) in [5, 5.41) is 11.8. The summed E-state index contributed by atoms with van der Waals surface area (Å²) in [6.07, 6.45) is 0.231. The first-order valence-electron chi connectivity index (χ1n) is 6.00. The van der Waals surface area contributed by atoms with E-state index in [2.05, 4.69) is 10.1 Å². The molecule has 8 heteroatoms. The van der Waals surface area contributed by atoms with Crippen LogP contribution in [0.5, 0.6) is 0 Å². The molecule has 108 valence electrons. The Balaban J connectivity index is 1.83. The first-order chi connectivity index (χ1) is 8.93. The van der Waals surface area contributed by atoms with Crippen molar-refractivity contribution in [1.82, 2.24) is 5.32 Å². The molecule has 0 aromatic heterocycles. The molecule has 1 saturated heterocycles. The second-order valence-electron chi connectivity index (χ2n) is 4.87. The third kappa shape index (κ3) is 3.17. The number of carboxylic acids is 1. The maximum absolute atomic E-state index is 11.9. The number of alkyl halides is 2. The molecule has 2 N–H and O–H groups in total. The van der Waals surface area contributed by atoms with E-state index in [1.54, 1.807) is 0 Å². The van der Waals surface area contributed by atoms with Crippen molar-refractivity contribution < 1.29 is 28.2 Å². The molecular weight excluding hydrogens is 280 g/mol. The number of hydrogen-bond donors (Lipinski definition) is 2. The Morgan fingerprint density at radius 1 is 1.42 bits per heavy atom. The van der Waals surface area contributed by atoms with Crippen molar-refractivity contribution >= 4 is 23.6 Å². The molecule has 0 aromatic rings. The average molecular weight is 295 g/mol. The highest BCUT2D eigenvalue weighted by Crippen LogP contribution is 2.34. The van der Waals surface area contributed by atoms with E-state index in [-0.39, 0.29) is 18.7 Å². The highest BCUT2D eigenvalue weighted by molar-refractivity contribution is 7.99. The number of halogens is 2. The first-order valence-corrected chi connectivity index (χ1v) is 7.15. The predicted octanol–water partition coefficient (Wildman–Crippen LogP) is 1.08. The second kappa shape index (κ2) is 5.62. The zero-order valence-electron chi connectivity index (χ0n) is 10.1. The van der Waals surface area contributed by atoms with Crippen LogP contribution in [0.4, 0.5) is 8.78 Å². The van der Waals surface area contributed by atoms with Gasteiger partial charge < -0.3 is 15.2 Å². The topological polar surface area (TPSA) is 75.6 Å². The van der Waals surface area contributed by atoms with Crippen LogP contribution < -0.4 is 5.32 Å². The number of nitrogens with one attached hydrogen (secondary N) is 1. The molecule has 1 atom stereocenters. The van der Waals surface area contributed by atoms with Crippen molar-refractivity contribution in [3.8, 4) is 0 Å². The maximum atomic E-state index is 11.9. The Labute approximate surface area is 113 Å². The van der Waals surface area contributed by atoms with Gasteiger partial charge in [-0.25, -0.2) is 4.79 Å². The Hall–Kier alpha value is -0.890. The fraction of sp³-hybridized carbons (Fsp3) is 0.818. The maximum Gasteiger partial charge on any atom is 0.345 e. The summed E-state index contributed by atoms with van der Waals surface area (Å²) in [6, 6.07) is 0. The van der Waals surface area contributed by atoms with Gasteiger partial charge in [0.15, 0.2) is 0 Å². The standard InChI is InChI=1S/C11H15F2NO4S/c12-10(13)18-7-3-6(4-7)8(15)14-11(9(16)17)1-2-19-5-11/h6-7,10H,1-5H2,(H,14,15)(H,16,17). The van der Waals surface area contributed by atoms with Crippen molar-refractivity contribution in [1.29, 1.82) is 0 Å². The monoisotopic (exact) mass is 295 g/mol. The average Bonchev–Trinajstić information content (AvgIpc) is 2.72. The van der Waals surface area contributed by atoms with Gasteiger partial charge in [-0.05, 0) is 25.0 Å². The molecule has 1 heterocycles. The molecule has 0 radical (unpaired) electrons. The third-order valence-corrected chi connectivity index (χ3v) is 4.74. The third-order valence-electron chi connectivity index (χ3n) is 3.55. The molecular formula is C11H15F2NO4S. The number of carboxylic acid groups (broad SMARTS) is 1. The van der Waals surface area contributed by atoms with Gasteiger partial charge in [0.25, 0.3) is 0 Å². The van der Waals surface area contributed by atoms with E-state index >= 15 is 0 Å². The van der Waals surface area contributed by atoms with E-state index in [1.807, 2.05) is 0 Å². The Kier molecular flexibility index (Phi) is 4.29. The number of amides is 1. The summed E-state index contributed by atoms with van der Waals surface area (Å²) in [7, 11) is 0. The van der Waals surface area contributed by atoms with E-state index < -0.39 is 30.1 Å². The molecule has 2 fully saturated rings. The molecule has 0 spiro atoms. The van der Waals surface area contributed by atoms with Crippen LogP contribution in [0, 0.1) is 5.92 Å². The fourth-order valence-electron chi connectivity index (χ4n) is 2.26. The first kappa shape index (κ1) is 14.5. The molecule has 1 amide bonds. The van der Waals surface area contributed by atoms with Gasteiger partial charge in [-0.2, -0.15) is 20.5 Å². The molecule has 19 heavy (non-hydrogen) atoms. The van der Waals surface area contributed by atoms with Gasteiger partial charge in [0.1, 0.15) is 5.54 Å². The van der Waals surface area contributed by atoms with Crippen molar-refractivity contribution in [2.24, 2.45) is 5.92 Å². The van der Waals surface area contributed by atoms with Gasteiger partial charge >= 0.3 is 12.6 Å². The van der Waals surface area contributed by atoms with Gasteiger partial charge in [0, 0.05) is 11.7 Å². The minimum atomic E-state index is -2.83. The lowest BCUT2D eigenvalue weighted by atomic mass is 9.81. The number of aliphatic carboxylic acids is 1. The molecule has 2 aliphatic rings. The summed E-state index contributed by atoms with van der Waals surface area (Å²) >= 11 is 1.48. The van der Waals surface area contributed by atoms with Gasteiger partial charge in [-0.1, -0.05) is 0 Å². The van der Waals surface area contributed by atoms with Crippen LogP contribution in [0.3, 0.4) is 0 Å². The predicted molar refractivity (Wildman–Crippen MR) is 64.1 cm³/mol. The molecule has 0 aromatic carbocycles. The largest absolute Gasteiger partial charge is 0.479 e. The van der Waals surface area contributed by atoms with Crippen molar-refractivity contribution in [2.45, 2.75) is 37.5 Å². The number of carbonyl (C=O) groups excluding carboxylic acids is 1. The smallest absolute Gasteiger partial charge is 0.345 e. The van der Waals surface area contributed by atoms with Crippen LogP contribution in [0.25, 0.3) is 0 Å². The van der Waals surface area contributed by atoms with Crippen molar-refractivity contribution in [2.75, 3.05) is 11.5 Å². The van der Waals surface area contributed by atoms with Gasteiger partial charge in [0.2, 0.25) is 5.91 Å². The molecule has 1 unspecified atom stereocenters. The molecule has 1 aliphatic heterocycles. The van der Waals surface area contributed by atoms with Crippen molar-refractivity contribution in [3.63, 3.8) is 0 Å². The minimum Gasteiger partial charge on any atom is -0.479 e. The van der Waals surface area contributed by atoms with Crippen LogP contribution >= 0.6 is 11.8 Å². The van der Waals surface area contributed by atoms with Crippen LogP contribution in [-0.4, -0.2) is 46.7 Å². The zero-order chi connectivity index (χ0) is 14.0. The molecule has 5 nitrogen and oxygen atoms in total. The summed E-state index contributed by atoms with van der Waals surface area (Å²) in [5.74, 6) is -0.804. The summed E-state index contributed by atoms with van der Waals surface area (Å²) in [6.45, 7) is -2.83. The van der Waals surface area contributed by atoms with Crippen LogP contribution in [0.1, 0.15) is 19.3 Å². The Bertz CT molecular complexity index is 368. The molecule has 2 rings (SSSR count). The van der Waals surface area contributed by atoms with Crippen LogP contribution in [-0.2, 0) is 14.3 Å².